The standard InChI is InChI=1S/C15H20N2O2S/c1-10-8-17(9-11(2)19-10)15(20)16-14-6-4-5-13(7-14)12(3)18/h4-7,10-11H,8-9H2,1-3H3,(H,16,20)/t10-,11-/m0/s1. The topological polar surface area (TPSA) is 41.6 Å². The van der Waals surface area contributed by atoms with Crippen molar-refractivity contribution in [1.29, 1.82) is 0 Å². The van der Waals surface area contributed by atoms with E-state index in [1.54, 1.807) is 13.0 Å². The Balaban J connectivity index is 2.04. The maximum atomic E-state index is 11.4. The van der Waals surface area contributed by atoms with Gasteiger partial charge in [-0.1, -0.05) is 12.1 Å². The van der Waals surface area contributed by atoms with E-state index >= 15 is 0 Å². The predicted octanol–water partition coefficient (Wildman–Crippen LogP) is 2.70. The van der Waals surface area contributed by atoms with E-state index in [9.17, 15) is 4.79 Å². The Kier molecular flexibility index (Phi) is 4.73. The summed E-state index contributed by atoms with van der Waals surface area (Å²) in [5.41, 5.74) is 1.52. The van der Waals surface area contributed by atoms with Gasteiger partial charge in [-0.15, -0.1) is 0 Å². The summed E-state index contributed by atoms with van der Waals surface area (Å²) in [6.45, 7) is 7.21. The molecule has 1 N–H and O–H groups in total. The number of carbonyl (C=O) groups excluding carboxylic acids is 1. The first-order valence-corrected chi connectivity index (χ1v) is 7.19. The molecule has 0 amide bonds. The minimum Gasteiger partial charge on any atom is -0.372 e. The number of hydrogen-bond donors (Lipinski definition) is 1. The maximum absolute atomic E-state index is 11.4. The van der Waals surface area contributed by atoms with E-state index in [1.165, 1.54) is 0 Å². The summed E-state index contributed by atoms with van der Waals surface area (Å²) in [5.74, 6) is 0.0492. The van der Waals surface area contributed by atoms with Gasteiger partial charge in [0, 0.05) is 24.3 Å². The van der Waals surface area contributed by atoms with E-state index in [0.717, 1.165) is 18.8 Å². The van der Waals surface area contributed by atoms with Crippen molar-refractivity contribution in [2.45, 2.75) is 33.0 Å². The van der Waals surface area contributed by atoms with Gasteiger partial charge in [0.2, 0.25) is 0 Å². The van der Waals surface area contributed by atoms with Crippen LogP contribution in [0.3, 0.4) is 0 Å². The number of hydrogen-bond acceptors (Lipinski definition) is 3. The van der Waals surface area contributed by atoms with Crippen LogP contribution in [-0.2, 0) is 4.74 Å². The summed E-state index contributed by atoms with van der Waals surface area (Å²) < 4.78 is 5.69. The van der Waals surface area contributed by atoms with Gasteiger partial charge in [-0.2, -0.15) is 0 Å². The Labute approximate surface area is 125 Å². The van der Waals surface area contributed by atoms with Gasteiger partial charge in [-0.3, -0.25) is 4.79 Å². The Morgan fingerprint density at radius 2 is 2.00 bits per heavy atom. The van der Waals surface area contributed by atoms with E-state index in [4.69, 9.17) is 17.0 Å². The Hall–Kier alpha value is -1.46. The maximum Gasteiger partial charge on any atom is 0.173 e. The molecule has 5 heteroatoms. The molecule has 1 aromatic rings. The molecule has 0 aromatic heterocycles. The van der Waals surface area contributed by atoms with Crippen molar-refractivity contribution < 1.29 is 9.53 Å². The molecule has 0 bridgehead atoms. The highest BCUT2D eigenvalue weighted by molar-refractivity contribution is 7.80. The van der Waals surface area contributed by atoms with Crippen LogP contribution in [0.4, 0.5) is 5.69 Å². The molecule has 0 unspecified atom stereocenters. The number of benzene rings is 1. The smallest absolute Gasteiger partial charge is 0.173 e. The normalized spacial score (nSPS) is 22.4. The highest BCUT2D eigenvalue weighted by Gasteiger charge is 2.23. The summed E-state index contributed by atoms with van der Waals surface area (Å²) in [6, 6.07) is 7.38. The lowest BCUT2D eigenvalue weighted by Crippen LogP contribution is -2.49. The zero-order valence-electron chi connectivity index (χ0n) is 12.1. The summed E-state index contributed by atoms with van der Waals surface area (Å²) in [6.07, 6.45) is 0.337. The number of nitrogens with zero attached hydrogens (tertiary/aromatic N) is 1. The van der Waals surface area contributed by atoms with Crippen LogP contribution in [-0.4, -0.2) is 41.1 Å². The van der Waals surface area contributed by atoms with Gasteiger partial charge < -0.3 is 15.0 Å². The van der Waals surface area contributed by atoms with Crippen molar-refractivity contribution in [1.82, 2.24) is 4.90 Å². The molecular weight excluding hydrogens is 272 g/mol. The summed E-state index contributed by atoms with van der Waals surface area (Å²) in [7, 11) is 0. The van der Waals surface area contributed by atoms with Crippen LogP contribution >= 0.6 is 12.2 Å². The highest BCUT2D eigenvalue weighted by atomic mass is 32.1. The monoisotopic (exact) mass is 292 g/mol. The largest absolute Gasteiger partial charge is 0.372 e. The molecule has 1 fully saturated rings. The van der Waals surface area contributed by atoms with E-state index in [2.05, 4.69) is 10.2 Å². The van der Waals surface area contributed by atoms with Crippen LogP contribution in [0, 0.1) is 0 Å². The van der Waals surface area contributed by atoms with Gasteiger partial charge in [-0.25, -0.2) is 0 Å². The van der Waals surface area contributed by atoms with Crippen LogP contribution in [0.15, 0.2) is 24.3 Å². The summed E-state index contributed by atoms with van der Waals surface area (Å²) >= 11 is 5.45. The van der Waals surface area contributed by atoms with Gasteiger partial charge in [0.05, 0.1) is 12.2 Å². The van der Waals surface area contributed by atoms with Crippen LogP contribution in [0.25, 0.3) is 0 Å². The molecule has 0 saturated carbocycles. The number of nitrogens with one attached hydrogen (secondary N) is 1. The number of morpholine rings is 1. The first kappa shape index (κ1) is 14.9. The van der Waals surface area contributed by atoms with E-state index < -0.39 is 0 Å². The van der Waals surface area contributed by atoms with Gasteiger partial charge in [0.1, 0.15) is 0 Å². The first-order valence-electron chi connectivity index (χ1n) is 6.78. The fraction of sp³-hybridized carbons (Fsp3) is 0.467. The van der Waals surface area contributed by atoms with E-state index in [1.807, 2.05) is 32.0 Å². The van der Waals surface area contributed by atoms with Crippen LogP contribution in [0.5, 0.6) is 0 Å². The molecule has 4 nitrogen and oxygen atoms in total. The number of ketones is 1. The number of ether oxygens (including phenoxy) is 1. The number of thiocarbonyl (C=S) groups is 1. The number of anilines is 1. The zero-order valence-corrected chi connectivity index (χ0v) is 12.9. The third-order valence-electron chi connectivity index (χ3n) is 3.23. The Bertz CT molecular complexity index is 508. The van der Waals surface area contributed by atoms with Gasteiger partial charge in [0.15, 0.2) is 10.9 Å². The molecule has 1 aromatic carbocycles. The van der Waals surface area contributed by atoms with Crippen LogP contribution < -0.4 is 5.32 Å². The second-order valence-electron chi connectivity index (χ2n) is 5.23. The highest BCUT2D eigenvalue weighted by Crippen LogP contribution is 2.15. The predicted molar refractivity (Wildman–Crippen MR) is 84.2 cm³/mol. The molecule has 0 spiro atoms. The average molecular weight is 292 g/mol. The number of Topliss-reactive ketones (excluding diaryl/α,β-unsaturated/α-hetero) is 1. The molecule has 1 aliphatic heterocycles. The first-order chi connectivity index (χ1) is 9.45. The molecule has 1 aliphatic rings. The van der Waals surface area contributed by atoms with Gasteiger partial charge in [-0.05, 0) is 45.1 Å². The third-order valence-corrected chi connectivity index (χ3v) is 3.59. The Morgan fingerprint density at radius 3 is 2.60 bits per heavy atom. The molecular formula is C15H20N2O2S. The number of carbonyl (C=O) groups is 1. The lowest BCUT2D eigenvalue weighted by molar-refractivity contribution is -0.0473. The van der Waals surface area contributed by atoms with Crippen LogP contribution in [0.1, 0.15) is 31.1 Å². The van der Waals surface area contributed by atoms with Crippen molar-refractivity contribution in [3.63, 3.8) is 0 Å². The van der Waals surface area contributed by atoms with Crippen LogP contribution in [0.2, 0.25) is 0 Å². The van der Waals surface area contributed by atoms with Crippen molar-refractivity contribution in [3.05, 3.63) is 29.8 Å². The molecule has 1 saturated heterocycles. The Morgan fingerprint density at radius 1 is 1.35 bits per heavy atom. The molecule has 20 heavy (non-hydrogen) atoms. The molecule has 1 heterocycles. The number of rotatable bonds is 2. The molecule has 2 atom stereocenters. The average Bonchev–Trinajstić information content (AvgIpc) is 2.37. The lowest BCUT2D eigenvalue weighted by atomic mass is 10.1. The second-order valence-corrected chi connectivity index (χ2v) is 5.62. The van der Waals surface area contributed by atoms with Crippen molar-refractivity contribution in [2.75, 3.05) is 18.4 Å². The van der Waals surface area contributed by atoms with Crippen molar-refractivity contribution in [3.8, 4) is 0 Å². The lowest BCUT2D eigenvalue weighted by Gasteiger charge is -2.36. The van der Waals surface area contributed by atoms with Gasteiger partial charge >= 0.3 is 0 Å². The van der Waals surface area contributed by atoms with Crippen molar-refractivity contribution in [2.24, 2.45) is 0 Å². The quantitative estimate of drug-likeness (QED) is 0.670. The summed E-state index contributed by atoms with van der Waals surface area (Å²) in [4.78, 5) is 13.5. The fourth-order valence-electron chi connectivity index (χ4n) is 2.36. The van der Waals surface area contributed by atoms with E-state index in [-0.39, 0.29) is 18.0 Å². The van der Waals surface area contributed by atoms with Crippen molar-refractivity contribution >= 4 is 28.8 Å². The van der Waals surface area contributed by atoms with Gasteiger partial charge in [0.25, 0.3) is 0 Å². The second kappa shape index (κ2) is 6.33. The summed E-state index contributed by atoms with van der Waals surface area (Å²) in [5, 5.41) is 3.87. The minimum atomic E-state index is 0.0492. The fourth-order valence-corrected chi connectivity index (χ4v) is 2.63. The molecule has 0 radical (unpaired) electrons. The molecule has 0 aliphatic carbocycles. The molecule has 108 valence electrons. The molecule has 2 rings (SSSR count). The zero-order chi connectivity index (χ0) is 14.7. The van der Waals surface area contributed by atoms with E-state index in [0.29, 0.717) is 10.7 Å². The minimum absolute atomic E-state index is 0.0492. The SMILES string of the molecule is CC(=O)c1cccc(NC(=S)N2C[C@H](C)O[C@@H](C)C2)c1. The third kappa shape index (κ3) is 3.77.